The molecule has 1 N–H and O–H groups in total. The van der Waals surface area contributed by atoms with Gasteiger partial charge in [-0.05, 0) is 57.4 Å². The summed E-state index contributed by atoms with van der Waals surface area (Å²) in [5.74, 6) is -0.732. The monoisotopic (exact) mass is 497 g/mol. The van der Waals surface area contributed by atoms with Gasteiger partial charge in [-0.1, -0.05) is 61.6 Å². The van der Waals surface area contributed by atoms with Crippen LogP contribution in [0.1, 0.15) is 56.6 Å². The first-order valence-electron chi connectivity index (χ1n) is 12.4. The highest BCUT2D eigenvalue weighted by atomic mass is 32.2. The van der Waals surface area contributed by atoms with Gasteiger partial charge in [0.15, 0.2) is 0 Å². The summed E-state index contributed by atoms with van der Waals surface area (Å²) in [6.07, 6.45) is 6.20. The van der Waals surface area contributed by atoms with E-state index in [2.05, 4.69) is 5.32 Å². The number of nitrogens with one attached hydrogen (secondary N) is 1. The molecule has 1 heterocycles. The molecule has 2 aromatic rings. The Labute approximate surface area is 208 Å². The Balaban J connectivity index is 1.72. The quantitative estimate of drug-likeness (QED) is 0.634. The van der Waals surface area contributed by atoms with Crippen molar-refractivity contribution < 1.29 is 18.0 Å². The Morgan fingerprint density at radius 3 is 2.23 bits per heavy atom. The van der Waals surface area contributed by atoms with Crippen molar-refractivity contribution in [1.82, 2.24) is 9.62 Å². The Morgan fingerprint density at radius 1 is 0.971 bits per heavy atom. The lowest BCUT2D eigenvalue weighted by molar-refractivity contribution is -0.133. The van der Waals surface area contributed by atoms with E-state index in [0.717, 1.165) is 54.0 Å². The highest BCUT2D eigenvalue weighted by Gasteiger charge is 2.51. The summed E-state index contributed by atoms with van der Waals surface area (Å²) < 4.78 is 28.2. The van der Waals surface area contributed by atoms with Gasteiger partial charge >= 0.3 is 0 Å². The number of nitrogens with zero attached hydrogens (tertiary/aromatic N) is 2. The molecule has 8 heteroatoms. The normalized spacial score (nSPS) is 22.6. The maximum atomic E-state index is 13.9. The topological polar surface area (TPSA) is 86.8 Å². The summed E-state index contributed by atoms with van der Waals surface area (Å²) in [5, 5.41) is 3.17. The fourth-order valence-corrected chi connectivity index (χ4v) is 6.63. The number of benzene rings is 2. The molecule has 1 aliphatic heterocycles. The first-order chi connectivity index (χ1) is 16.6. The van der Waals surface area contributed by atoms with Crippen LogP contribution in [0.3, 0.4) is 0 Å². The van der Waals surface area contributed by atoms with Crippen LogP contribution in [-0.4, -0.2) is 49.2 Å². The third-order valence-electron chi connectivity index (χ3n) is 7.23. The van der Waals surface area contributed by atoms with Crippen molar-refractivity contribution in [2.24, 2.45) is 0 Å². The van der Waals surface area contributed by atoms with Crippen molar-refractivity contribution in [3.63, 3.8) is 0 Å². The first kappa shape index (κ1) is 25.4. The molecule has 1 aliphatic carbocycles. The number of piperazine rings is 1. The lowest BCUT2D eigenvalue weighted by Gasteiger charge is -2.47. The van der Waals surface area contributed by atoms with Crippen LogP contribution < -0.4 is 10.2 Å². The standard InChI is InChI=1S/C27H35N3O4S/c1-20-14-16-23(17-15-20)35(33,34)29-18-25(31)30(24-13-9-8-10-21(24)2)27(3,19-29)26(32)28-22-11-6-4-5-7-12-22/h8-10,13-17,22H,4-7,11-12,18-19H2,1-3H3,(H,28,32)/t27-/m1/s1. The van der Waals surface area contributed by atoms with Crippen molar-refractivity contribution in [1.29, 1.82) is 0 Å². The zero-order valence-electron chi connectivity index (χ0n) is 20.8. The Kier molecular flexibility index (Phi) is 7.33. The summed E-state index contributed by atoms with van der Waals surface area (Å²) in [4.78, 5) is 29.1. The third kappa shape index (κ3) is 5.14. The van der Waals surface area contributed by atoms with Crippen LogP contribution in [-0.2, 0) is 19.6 Å². The van der Waals surface area contributed by atoms with Gasteiger partial charge in [-0.3, -0.25) is 14.5 Å². The van der Waals surface area contributed by atoms with Gasteiger partial charge < -0.3 is 5.32 Å². The summed E-state index contributed by atoms with van der Waals surface area (Å²) in [5.41, 5.74) is 1.02. The Morgan fingerprint density at radius 2 is 1.60 bits per heavy atom. The molecule has 1 saturated carbocycles. The Bertz CT molecular complexity index is 1190. The van der Waals surface area contributed by atoms with E-state index in [0.29, 0.717) is 5.69 Å². The summed E-state index contributed by atoms with van der Waals surface area (Å²) in [6, 6.07) is 14.0. The predicted octanol–water partition coefficient (Wildman–Crippen LogP) is 3.94. The maximum absolute atomic E-state index is 13.9. The number of anilines is 1. The zero-order chi connectivity index (χ0) is 25.2. The highest BCUT2D eigenvalue weighted by molar-refractivity contribution is 7.89. The molecule has 7 nitrogen and oxygen atoms in total. The molecule has 2 aromatic carbocycles. The van der Waals surface area contributed by atoms with E-state index < -0.39 is 21.5 Å². The molecule has 2 amide bonds. The maximum Gasteiger partial charge on any atom is 0.247 e. The minimum atomic E-state index is -3.97. The minimum absolute atomic E-state index is 0.0275. The second-order valence-electron chi connectivity index (χ2n) is 10.0. The van der Waals surface area contributed by atoms with E-state index in [4.69, 9.17) is 0 Å². The molecule has 1 saturated heterocycles. The number of aryl methyl sites for hydroxylation is 2. The smallest absolute Gasteiger partial charge is 0.247 e. The largest absolute Gasteiger partial charge is 0.351 e. The molecule has 35 heavy (non-hydrogen) atoms. The van der Waals surface area contributed by atoms with Crippen molar-refractivity contribution in [3.8, 4) is 0 Å². The zero-order valence-corrected chi connectivity index (χ0v) is 21.6. The van der Waals surface area contributed by atoms with Crippen molar-refractivity contribution in [2.75, 3.05) is 18.0 Å². The number of rotatable bonds is 5. The molecule has 0 spiro atoms. The van der Waals surface area contributed by atoms with Crippen LogP contribution in [0.5, 0.6) is 0 Å². The molecule has 4 rings (SSSR count). The molecule has 2 fully saturated rings. The van der Waals surface area contributed by atoms with E-state index in [1.165, 1.54) is 4.90 Å². The number of hydrogen-bond acceptors (Lipinski definition) is 4. The second-order valence-corrected chi connectivity index (χ2v) is 12.0. The lowest BCUT2D eigenvalue weighted by atomic mass is 9.92. The minimum Gasteiger partial charge on any atom is -0.351 e. The predicted molar refractivity (Wildman–Crippen MR) is 137 cm³/mol. The van der Waals surface area contributed by atoms with Crippen molar-refractivity contribution in [3.05, 3.63) is 59.7 Å². The molecule has 1 atom stereocenters. The van der Waals surface area contributed by atoms with Crippen LogP contribution in [0.25, 0.3) is 0 Å². The van der Waals surface area contributed by atoms with E-state index >= 15 is 0 Å². The molecule has 0 radical (unpaired) electrons. The molecule has 0 unspecified atom stereocenters. The molecular weight excluding hydrogens is 462 g/mol. The lowest BCUT2D eigenvalue weighted by Crippen LogP contribution is -2.70. The number of carbonyl (C=O) groups excluding carboxylic acids is 2. The van der Waals surface area contributed by atoms with Crippen LogP contribution in [0.4, 0.5) is 5.69 Å². The molecule has 0 aromatic heterocycles. The average Bonchev–Trinajstić information content (AvgIpc) is 3.09. The van der Waals surface area contributed by atoms with E-state index in [1.54, 1.807) is 31.2 Å². The number of para-hydroxylation sites is 1. The summed E-state index contributed by atoms with van der Waals surface area (Å²) in [6.45, 7) is 5.01. The van der Waals surface area contributed by atoms with Crippen LogP contribution in [0.15, 0.2) is 53.4 Å². The van der Waals surface area contributed by atoms with Crippen LogP contribution in [0.2, 0.25) is 0 Å². The number of carbonyl (C=O) groups is 2. The van der Waals surface area contributed by atoms with Gasteiger partial charge in [0.2, 0.25) is 21.8 Å². The van der Waals surface area contributed by atoms with Gasteiger partial charge in [-0.2, -0.15) is 4.31 Å². The molecule has 2 aliphatic rings. The number of sulfonamides is 1. The van der Waals surface area contributed by atoms with E-state index in [1.807, 2.05) is 38.1 Å². The number of hydrogen-bond donors (Lipinski definition) is 1. The second kappa shape index (κ2) is 10.1. The van der Waals surface area contributed by atoms with Gasteiger partial charge in [0.05, 0.1) is 11.4 Å². The van der Waals surface area contributed by atoms with Gasteiger partial charge in [0.25, 0.3) is 0 Å². The first-order valence-corrected chi connectivity index (χ1v) is 13.8. The number of amides is 2. The fraction of sp³-hybridized carbons (Fsp3) is 0.481. The fourth-order valence-electron chi connectivity index (χ4n) is 5.15. The van der Waals surface area contributed by atoms with Gasteiger partial charge in [0.1, 0.15) is 5.54 Å². The SMILES string of the molecule is Cc1ccc(S(=O)(=O)N2CC(=O)N(c3ccccc3C)[C@@](C)(C(=O)NC3CCCCCC3)C2)cc1. The average molecular weight is 498 g/mol. The van der Waals surface area contributed by atoms with Gasteiger partial charge in [-0.25, -0.2) is 8.42 Å². The van der Waals surface area contributed by atoms with E-state index in [-0.39, 0.29) is 29.9 Å². The third-order valence-corrected chi connectivity index (χ3v) is 9.04. The van der Waals surface area contributed by atoms with Crippen molar-refractivity contribution >= 4 is 27.5 Å². The highest BCUT2D eigenvalue weighted by Crippen LogP contribution is 2.34. The molecular formula is C27H35N3O4S. The molecule has 0 bridgehead atoms. The Hall–Kier alpha value is -2.71. The summed E-state index contributed by atoms with van der Waals surface area (Å²) >= 11 is 0. The van der Waals surface area contributed by atoms with Gasteiger partial charge in [0, 0.05) is 18.3 Å². The van der Waals surface area contributed by atoms with Crippen LogP contribution in [0, 0.1) is 13.8 Å². The molecule has 188 valence electrons. The summed E-state index contributed by atoms with van der Waals surface area (Å²) in [7, 11) is -3.97. The van der Waals surface area contributed by atoms with Crippen molar-refractivity contribution in [2.45, 2.75) is 75.8 Å². The van der Waals surface area contributed by atoms with Gasteiger partial charge in [-0.15, -0.1) is 0 Å². The van der Waals surface area contributed by atoms with E-state index in [9.17, 15) is 18.0 Å². The van der Waals surface area contributed by atoms with Crippen LogP contribution >= 0.6 is 0 Å².